The van der Waals surface area contributed by atoms with Crippen LogP contribution in [0.15, 0.2) is 30.3 Å². The van der Waals surface area contributed by atoms with E-state index in [4.69, 9.17) is 10.5 Å². The van der Waals surface area contributed by atoms with Gasteiger partial charge < -0.3 is 15.8 Å². The van der Waals surface area contributed by atoms with Crippen LogP contribution in [0.3, 0.4) is 0 Å². The molecule has 0 aliphatic carbocycles. The van der Waals surface area contributed by atoms with Crippen LogP contribution in [0.25, 0.3) is 0 Å². The maximum absolute atomic E-state index is 12.8. The second kappa shape index (κ2) is 6.38. The van der Waals surface area contributed by atoms with Crippen molar-refractivity contribution < 1.29 is 13.9 Å². The van der Waals surface area contributed by atoms with Crippen LogP contribution in [0, 0.1) is 5.82 Å². The smallest absolute Gasteiger partial charge is 0.350 e. The first-order valence-corrected chi connectivity index (χ1v) is 6.96. The minimum atomic E-state index is -0.412. The zero-order chi connectivity index (χ0) is 14.5. The van der Waals surface area contributed by atoms with Gasteiger partial charge in [0.15, 0.2) is 0 Å². The molecule has 0 saturated heterocycles. The number of carbonyl (C=O) groups excluding carboxylic acids is 1. The first-order chi connectivity index (χ1) is 9.60. The van der Waals surface area contributed by atoms with E-state index in [0.717, 1.165) is 10.6 Å². The van der Waals surface area contributed by atoms with E-state index in [1.54, 1.807) is 25.1 Å². The van der Waals surface area contributed by atoms with Gasteiger partial charge in [-0.3, -0.25) is 0 Å². The number of hydrogen-bond acceptors (Lipinski definition) is 5. The maximum Gasteiger partial charge on any atom is 0.350 e. The molecule has 0 saturated carbocycles. The zero-order valence-corrected chi connectivity index (χ0v) is 11.8. The van der Waals surface area contributed by atoms with E-state index in [1.807, 2.05) is 0 Å². The van der Waals surface area contributed by atoms with Gasteiger partial charge in [0.05, 0.1) is 17.3 Å². The van der Waals surface area contributed by atoms with Crippen LogP contribution in [0.2, 0.25) is 0 Å². The third-order valence-electron chi connectivity index (χ3n) is 2.60. The van der Waals surface area contributed by atoms with Gasteiger partial charge >= 0.3 is 5.97 Å². The van der Waals surface area contributed by atoms with Crippen LogP contribution >= 0.6 is 11.3 Å². The van der Waals surface area contributed by atoms with Crippen LogP contribution in [0.5, 0.6) is 0 Å². The molecule has 0 aliphatic rings. The number of carbonyl (C=O) groups is 1. The molecule has 0 radical (unpaired) electrons. The Kier molecular flexibility index (Phi) is 4.57. The van der Waals surface area contributed by atoms with E-state index >= 15 is 0 Å². The number of nitrogens with one attached hydrogen (secondary N) is 1. The molecule has 0 bridgehead atoms. The van der Waals surface area contributed by atoms with Crippen molar-refractivity contribution >= 4 is 28.0 Å². The van der Waals surface area contributed by atoms with Gasteiger partial charge in [0.25, 0.3) is 0 Å². The van der Waals surface area contributed by atoms with Gasteiger partial charge in [-0.05, 0) is 30.7 Å². The monoisotopic (exact) mass is 294 g/mol. The number of benzene rings is 1. The summed E-state index contributed by atoms with van der Waals surface area (Å²) in [6.07, 6.45) is 0. The Morgan fingerprint density at radius 2 is 2.10 bits per heavy atom. The average Bonchev–Trinajstić information content (AvgIpc) is 2.80. The topological polar surface area (TPSA) is 64.3 Å². The predicted molar refractivity (Wildman–Crippen MR) is 78.4 cm³/mol. The molecular formula is C14H15FN2O2S. The van der Waals surface area contributed by atoms with Gasteiger partial charge in [-0.25, -0.2) is 9.18 Å². The highest BCUT2D eigenvalue weighted by Gasteiger charge is 2.15. The molecule has 20 heavy (non-hydrogen) atoms. The van der Waals surface area contributed by atoms with Crippen molar-refractivity contribution in [3.63, 3.8) is 0 Å². The van der Waals surface area contributed by atoms with E-state index in [1.165, 1.54) is 23.5 Å². The number of thiophene rings is 1. The first-order valence-electron chi connectivity index (χ1n) is 6.15. The summed E-state index contributed by atoms with van der Waals surface area (Å²) in [7, 11) is 0. The molecule has 6 heteroatoms. The van der Waals surface area contributed by atoms with Crippen LogP contribution in [0.4, 0.5) is 15.1 Å². The molecular weight excluding hydrogens is 279 g/mol. The van der Waals surface area contributed by atoms with Crippen molar-refractivity contribution in [2.45, 2.75) is 13.5 Å². The number of rotatable bonds is 5. The number of nitrogen functional groups attached to an aromatic ring is 1. The van der Waals surface area contributed by atoms with Crippen molar-refractivity contribution in [3.05, 3.63) is 46.6 Å². The van der Waals surface area contributed by atoms with Crippen LogP contribution in [0.1, 0.15) is 22.2 Å². The standard InChI is InChI=1S/C14H15FN2O2S/c1-2-19-14(18)13-11(16)7-12(20-13)17-8-9-3-5-10(15)6-4-9/h3-7,17H,2,8,16H2,1H3. The Bertz CT molecular complexity index is 596. The molecule has 2 aromatic rings. The first kappa shape index (κ1) is 14.3. The quantitative estimate of drug-likeness (QED) is 0.831. The third-order valence-corrected chi connectivity index (χ3v) is 3.69. The molecule has 4 nitrogen and oxygen atoms in total. The molecule has 3 N–H and O–H groups in total. The fourth-order valence-corrected chi connectivity index (χ4v) is 2.51. The number of anilines is 2. The van der Waals surface area contributed by atoms with Gasteiger partial charge in [0.1, 0.15) is 10.7 Å². The summed E-state index contributed by atoms with van der Waals surface area (Å²) < 4.78 is 17.7. The lowest BCUT2D eigenvalue weighted by Gasteiger charge is -2.03. The number of esters is 1. The highest BCUT2D eigenvalue weighted by atomic mass is 32.1. The largest absolute Gasteiger partial charge is 0.462 e. The summed E-state index contributed by atoms with van der Waals surface area (Å²) in [6.45, 7) is 2.59. The Labute approximate surface area is 120 Å². The van der Waals surface area contributed by atoms with Crippen molar-refractivity contribution in [2.75, 3.05) is 17.7 Å². The number of ether oxygens (including phenoxy) is 1. The summed E-state index contributed by atoms with van der Waals surface area (Å²) in [5.41, 5.74) is 7.12. The molecule has 0 spiro atoms. The van der Waals surface area contributed by atoms with Crippen molar-refractivity contribution in [2.24, 2.45) is 0 Å². The number of nitrogens with two attached hydrogens (primary N) is 1. The number of halogens is 1. The SMILES string of the molecule is CCOC(=O)c1sc(NCc2ccc(F)cc2)cc1N. The molecule has 0 aliphatic heterocycles. The van der Waals surface area contributed by atoms with Crippen LogP contribution in [-0.2, 0) is 11.3 Å². The molecule has 1 aromatic carbocycles. The second-order valence-electron chi connectivity index (χ2n) is 4.10. The average molecular weight is 294 g/mol. The Morgan fingerprint density at radius 1 is 1.40 bits per heavy atom. The van der Waals surface area contributed by atoms with E-state index < -0.39 is 5.97 Å². The molecule has 1 heterocycles. The summed E-state index contributed by atoms with van der Waals surface area (Å²) in [4.78, 5) is 12.0. The highest BCUT2D eigenvalue weighted by Crippen LogP contribution is 2.30. The van der Waals surface area contributed by atoms with Gasteiger partial charge in [-0.15, -0.1) is 11.3 Å². The minimum Gasteiger partial charge on any atom is -0.462 e. The Hall–Kier alpha value is -2.08. The van der Waals surface area contributed by atoms with Crippen molar-refractivity contribution in [1.29, 1.82) is 0 Å². The van der Waals surface area contributed by atoms with Gasteiger partial charge in [-0.2, -0.15) is 0 Å². The fourth-order valence-electron chi connectivity index (χ4n) is 1.64. The normalized spacial score (nSPS) is 10.3. The van der Waals surface area contributed by atoms with Gasteiger partial charge in [0.2, 0.25) is 0 Å². The van der Waals surface area contributed by atoms with Crippen molar-refractivity contribution in [1.82, 2.24) is 0 Å². The lowest BCUT2D eigenvalue weighted by Crippen LogP contribution is -2.04. The highest BCUT2D eigenvalue weighted by molar-refractivity contribution is 7.18. The van der Waals surface area contributed by atoms with E-state index in [0.29, 0.717) is 23.7 Å². The van der Waals surface area contributed by atoms with E-state index in [2.05, 4.69) is 5.32 Å². The summed E-state index contributed by atoms with van der Waals surface area (Å²) in [5, 5.41) is 3.92. The molecule has 106 valence electrons. The van der Waals surface area contributed by atoms with Gasteiger partial charge in [0, 0.05) is 6.54 Å². The van der Waals surface area contributed by atoms with Crippen LogP contribution < -0.4 is 11.1 Å². The molecule has 2 rings (SSSR count). The minimum absolute atomic E-state index is 0.265. The zero-order valence-electron chi connectivity index (χ0n) is 11.0. The van der Waals surface area contributed by atoms with E-state index in [-0.39, 0.29) is 5.82 Å². The predicted octanol–water partition coefficient (Wildman–Crippen LogP) is 3.26. The number of hydrogen-bond donors (Lipinski definition) is 2. The maximum atomic E-state index is 12.8. The Balaban J connectivity index is 2.01. The second-order valence-corrected chi connectivity index (χ2v) is 5.15. The summed E-state index contributed by atoms with van der Waals surface area (Å²) in [5.74, 6) is -0.677. The van der Waals surface area contributed by atoms with E-state index in [9.17, 15) is 9.18 Å². The molecule has 1 aromatic heterocycles. The van der Waals surface area contributed by atoms with Crippen LogP contribution in [-0.4, -0.2) is 12.6 Å². The molecule has 0 unspecified atom stereocenters. The third kappa shape index (κ3) is 3.48. The fraction of sp³-hybridized carbons (Fsp3) is 0.214. The summed E-state index contributed by atoms with van der Waals surface area (Å²) in [6, 6.07) is 7.91. The summed E-state index contributed by atoms with van der Waals surface area (Å²) >= 11 is 1.25. The van der Waals surface area contributed by atoms with Gasteiger partial charge in [-0.1, -0.05) is 12.1 Å². The molecule has 0 atom stereocenters. The van der Waals surface area contributed by atoms with Crippen molar-refractivity contribution in [3.8, 4) is 0 Å². The lowest BCUT2D eigenvalue weighted by molar-refractivity contribution is 0.0533. The lowest BCUT2D eigenvalue weighted by atomic mass is 10.2. The molecule has 0 fully saturated rings. The molecule has 0 amide bonds. The Morgan fingerprint density at radius 3 is 2.75 bits per heavy atom.